The van der Waals surface area contributed by atoms with Crippen LogP contribution in [0, 0.1) is 6.92 Å². The highest BCUT2D eigenvalue weighted by Gasteiger charge is 2.03. The maximum Gasteiger partial charge on any atom is 0.121 e. The van der Waals surface area contributed by atoms with Gasteiger partial charge in [0.05, 0.1) is 0 Å². The molecule has 2 radical (unpaired) electrons. The number of hydrogen-bond donors (Lipinski definition) is 0. The minimum absolute atomic E-state index is 0.715. The van der Waals surface area contributed by atoms with E-state index in [4.69, 9.17) is 0 Å². The molecule has 0 atom stereocenters. The fourth-order valence-corrected chi connectivity index (χ4v) is 3.45. The van der Waals surface area contributed by atoms with Crippen LogP contribution in [-0.2, 0) is 0 Å². The molecule has 0 saturated heterocycles. The van der Waals surface area contributed by atoms with Crippen molar-refractivity contribution in [2.75, 3.05) is 0 Å². The van der Waals surface area contributed by atoms with E-state index < -0.39 is 0 Å². The first-order valence-corrected chi connectivity index (χ1v) is 7.81. The molecule has 0 N–H and O–H groups in total. The van der Waals surface area contributed by atoms with Gasteiger partial charge in [-0.05, 0) is 23.6 Å². The van der Waals surface area contributed by atoms with Crippen LogP contribution in [0.1, 0.15) is 5.56 Å². The van der Waals surface area contributed by atoms with Gasteiger partial charge in [0.2, 0.25) is 0 Å². The van der Waals surface area contributed by atoms with Crippen molar-refractivity contribution in [3.8, 4) is 11.1 Å². The quantitative estimate of drug-likeness (QED) is 0.642. The maximum atomic E-state index is 2.31. The van der Waals surface area contributed by atoms with Crippen LogP contribution in [0.15, 0.2) is 78.9 Å². The van der Waals surface area contributed by atoms with E-state index in [0.29, 0.717) is 9.52 Å². The molecule has 0 unspecified atom stereocenters. The van der Waals surface area contributed by atoms with E-state index in [1.165, 1.54) is 27.1 Å². The zero-order chi connectivity index (χ0) is 13.8. The van der Waals surface area contributed by atoms with E-state index in [-0.39, 0.29) is 0 Å². The zero-order valence-electron chi connectivity index (χ0n) is 11.5. The van der Waals surface area contributed by atoms with Crippen molar-refractivity contribution in [2.24, 2.45) is 0 Å². The summed E-state index contributed by atoms with van der Waals surface area (Å²) < 4.78 is 0. The highest BCUT2D eigenvalue weighted by atomic mass is 28.2. The van der Waals surface area contributed by atoms with Crippen molar-refractivity contribution >= 4 is 19.9 Å². The van der Waals surface area contributed by atoms with Gasteiger partial charge in [0.1, 0.15) is 9.52 Å². The van der Waals surface area contributed by atoms with Crippen molar-refractivity contribution in [3.05, 3.63) is 84.4 Å². The van der Waals surface area contributed by atoms with Crippen LogP contribution in [0.25, 0.3) is 11.1 Å². The van der Waals surface area contributed by atoms with Gasteiger partial charge in [-0.3, -0.25) is 0 Å². The first kappa shape index (κ1) is 12.9. The minimum Gasteiger partial charge on any atom is -0.0631 e. The van der Waals surface area contributed by atoms with Crippen LogP contribution in [0.4, 0.5) is 0 Å². The zero-order valence-corrected chi connectivity index (χ0v) is 12.5. The van der Waals surface area contributed by atoms with Gasteiger partial charge in [-0.2, -0.15) is 0 Å². The molecule has 0 heterocycles. The molecule has 0 aliphatic heterocycles. The normalized spacial score (nSPS) is 10.4. The Kier molecular flexibility index (Phi) is 3.80. The molecule has 0 nitrogen and oxygen atoms in total. The Morgan fingerprint density at radius 1 is 0.650 bits per heavy atom. The highest BCUT2D eigenvalue weighted by Crippen LogP contribution is 2.21. The fourth-order valence-electron chi connectivity index (χ4n) is 2.35. The highest BCUT2D eigenvalue weighted by molar-refractivity contribution is 6.67. The van der Waals surface area contributed by atoms with Gasteiger partial charge in [-0.1, -0.05) is 89.2 Å². The maximum absolute atomic E-state index is 2.31. The molecule has 0 amide bonds. The van der Waals surface area contributed by atoms with Gasteiger partial charge < -0.3 is 0 Å². The average molecular weight is 272 g/mol. The molecule has 3 aromatic rings. The molecular weight excluding hydrogens is 256 g/mol. The summed E-state index contributed by atoms with van der Waals surface area (Å²) in [5.74, 6) is 0. The summed E-state index contributed by atoms with van der Waals surface area (Å²) in [7, 11) is 0.715. The predicted octanol–water partition coefficient (Wildman–Crippen LogP) is 3.32. The second-order valence-corrected chi connectivity index (χ2v) is 6.29. The molecule has 0 aliphatic carbocycles. The van der Waals surface area contributed by atoms with Gasteiger partial charge in [0.25, 0.3) is 0 Å². The van der Waals surface area contributed by atoms with Gasteiger partial charge in [-0.15, -0.1) is 0 Å². The van der Waals surface area contributed by atoms with E-state index in [1.54, 1.807) is 0 Å². The van der Waals surface area contributed by atoms with Crippen LogP contribution in [0.3, 0.4) is 0 Å². The molecule has 3 rings (SSSR count). The number of benzene rings is 3. The van der Waals surface area contributed by atoms with Crippen molar-refractivity contribution in [3.63, 3.8) is 0 Å². The number of aryl methyl sites for hydroxylation is 1. The largest absolute Gasteiger partial charge is 0.121 e. The Hall–Kier alpha value is -2.12. The summed E-state index contributed by atoms with van der Waals surface area (Å²) in [6.07, 6.45) is 0. The molecule has 96 valence electrons. The molecular formula is C19H16Si. The molecule has 0 spiro atoms. The van der Waals surface area contributed by atoms with E-state index >= 15 is 0 Å². The summed E-state index contributed by atoms with van der Waals surface area (Å²) in [4.78, 5) is 0. The molecule has 3 aromatic carbocycles. The van der Waals surface area contributed by atoms with Gasteiger partial charge in [0, 0.05) is 0 Å². The van der Waals surface area contributed by atoms with Crippen LogP contribution in [-0.4, -0.2) is 9.52 Å². The second kappa shape index (κ2) is 5.89. The lowest BCUT2D eigenvalue weighted by Crippen LogP contribution is -2.26. The van der Waals surface area contributed by atoms with Crippen LogP contribution >= 0.6 is 0 Å². The Bertz CT molecular complexity index is 702. The van der Waals surface area contributed by atoms with Crippen LogP contribution in [0.2, 0.25) is 0 Å². The van der Waals surface area contributed by atoms with Gasteiger partial charge >= 0.3 is 0 Å². The molecule has 0 saturated carbocycles. The molecule has 1 heteroatoms. The Labute approximate surface area is 122 Å². The SMILES string of the molecule is Cc1ccccc1-c1cccc([Si]c2ccccc2)c1. The first-order valence-electron chi connectivity index (χ1n) is 6.81. The summed E-state index contributed by atoms with van der Waals surface area (Å²) in [6.45, 7) is 2.17. The fraction of sp³-hybridized carbons (Fsp3) is 0.0526. The lowest BCUT2D eigenvalue weighted by Gasteiger charge is -2.08. The van der Waals surface area contributed by atoms with Gasteiger partial charge in [0.15, 0.2) is 0 Å². The van der Waals surface area contributed by atoms with Crippen LogP contribution in [0.5, 0.6) is 0 Å². The monoisotopic (exact) mass is 272 g/mol. The number of hydrogen-bond acceptors (Lipinski definition) is 0. The summed E-state index contributed by atoms with van der Waals surface area (Å²) in [6, 6.07) is 28.1. The average Bonchev–Trinajstić information content (AvgIpc) is 2.49. The number of rotatable bonds is 3. The van der Waals surface area contributed by atoms with E-state index in [2.05, 4.69) is 85.8 Å². The molecule has 0 aromatic heterocycles. The standard InChI is InChI=1S/C19H16Si/c1-15-8-5-6-13-19(15)16-9-7-12-18(14-16)20-17-10-3-2-4-11-17/h2-14H,1H3. The predicted molar refractivity (Wildman–Crippen MR) is 88.1 cm³/mol. The Morgan fingerprint density at radius 2 is 1.35 bits per heavy atom. The topological polar surface area (TPSA) is 0 Å². The molecule has 0 aliphatic rings. The molecule has 0 bridgehead atoms. The Balaban J connectivity index is 1.92. The van der Waals surface area contributed by atoms with Crippen molar-refractivity contribution in [1.82, 2.24) is 0 Å². The van der Waals surface area contributed by atoms with Gasteiger partial charge in [-0.25, -0.2) is 0 Å². The third-order valence-corrected chi connectivity index (χ3v) is 4.60. The summed E-state index contributed by atoms with van der Waals surface area (Å²) in [5.41, 5.74) is 3.96. The van der Waals surface area contributed by atoms with E-state index in [9.17, 15) is 0 Å². The third kappa shape index (κ3) is 2.89. The summed E-state index contributed by atoms with van der Waals surface area (Å²) in [5, 5.41) is 2.77. The van der Waals surface area contributed by atoms with E-state index in [1.807, 2.05) is 0 Å². The van der Waals surface area contributed by atoms with Crippen molar-refractivity contribution < 1.29 is 0 Å². The molecule has 20 heavy (non-hydrogen) atoms. The molecule has 0 fully saturated rings. The lowest BCUT2D eigenvalue weighted by molar-refractivity contribution is 1.46. The lowest BCUT2D eigenvalue weighted by atomic mass is 10.0. The van der Waals surface area contributed by atoms with Crippen LogP contribution < -0.4 is 10.4 Å². The first-order chi connectivity index (χ1) is 9.83. The van der Waals surface area contributed by atoms with Crippen molar-refractivity contribution in [1.29, 1.82) is 0 Å². The minimum atomic E-state index is 0.715. The van der Waals surface area contributed by atoms with Crippen molar-refractivity contribution in [2.45, 2.75) is 6.92 Å². The van der Waals surface area contributed by atoms with E-state index in [0.717, 1.165) is 0 Å². The second-order valence-electron chi connectivity index (χ2n) is 4.89. The Morgan fingerprint density at radius 3 is 2.15 bits per heavy atom. The third-order valence-electron chi connectivity index (χ3n) is 3.38. The summed E-state index contributed by atoms with van der Waals surface area (Å²) >= 11 is 0. The smallest absolute Gasteiger partial charge is 0.0631 e.